The van der Waals surface area contributed by atoms with Crippen LogP contribution >= 0.6 is 11.7 Å². The zero-order valence-electron chi connectivity index (χ0n) is 17.3. The molecule has 162 valence electrons. The molecule has 0 bridgehead atoms. The van der Waals surface area contributed by atoms with Crippen LogP contribution in [0.25, 0.3) is 0 Å². The molecular formula is C21H27N3O5S. The first-order valence-electron chi connectivity index (χ1n) is 10.1. The summed E-state index contributed by atoms with van der Waals surface area (Å²) in [6, 6.07) is 5.77. The summed E-state index contributed by atoms with van der Waals surface area (Å²) in [6.45, 7) is 5.77. The maximum Gasteiger partial charge on any atom is 0.275 e. The van der Waals surface area contributed by atoms with Gasteiger partial charge >= 0.3 is 0 Å². The standard InChI is InChI=1S/C21H27N3O5S/c1-21(12-27-13-21)14-29-19-8-15(5-6-18(19)26-2)10-24(11-16-4-3-7-28-16)20(25)17-9-22-30-23-17/h5-6,8-9,16H,3-4,7,10-14H2,1-2H3/t16-/m1/s1. The monoisotopic (exact) mass is 433 g/mol. The first-order valence-corrected chi connectivity index (χ1v) is 10.9. The molecule has 1 atom stereocenters. The van der Waals surface area contributed by atoms with E-state index in [9.17, 15) is 4.79 Å². The highest BCUT2D eigenvalue weighted by atomic mass is 32.1. The largest absolute Gasteiger partial charge is 0.493 e. The maximum absolute atomic E-state index is 13.0. The number of hydrogen-bond acceptors (Lipinski definition) is 8. The Labute approximate surface area is 180 Å². The second kappa shape index (κ2) is 9.28. The molecule has 1 aromatic heterocycles. The van der Waals surface area contributed by atoms with E-state index in [0.29, 0.717) is 50.1 Å². The fourth-order valence-corrected chi connectivity index (χ4v) is 4.02. The van der Waals surface area contributed by atoms with Gasteiger partial charge in [0, 0.05) is 25.1 Å². The summed E-state index contributed by atoms with van der Waals surface area (Å²) in [5.41, 5.74) is 1.34. The number of aromatic nitrogens is 2. The van der Waals surface area contributed by atoms with E-state index in [0.717, 1.165) is 36.7 Å². The molecule has 2 aliphatic rings. The van der Waals surface area contributed by atoms with Crippen molar-refractivity contribution in [1.82, 2.24) is 13.6 Å². The van der Waals surface area contributed by atoms with Crippen molar-refractivity contribution in [3.05, 3.63) is 35.7 Å². The number of carbonyl (C=O) groups excluding carboxylic acids is 1. The van der Waals surface area contributed by atoms with E-state index in [-0.39, 0.29) is 17.4 Å². The minimum atomic E-state index is -0.142. The van der Waals surface area contributed by atoms with Crippen molar-refractivity contribution in [2.75, 3.05) is 40.1 Å². The number of carbonyl (C=O) groups is 1. The van der Waals surface area contributed by atoms with Gasteiger partial charge in [0.1, 0.15) is 0 Å². The lowest BCUT2D eigenvalue weighted by atomic mass is 9.90. The van der Waals surface area contributed by atoms with Crippen molar-refractivity contribution < 1.29 is 23.7 Å². The average Bonchev–Trinajstić information content (AvgIpc) is 3.44. The van der Waals surface area contributed by atoms with Crippen molar-refractivity contribution in [3.8, 4) is 11.5 Å². The van der Waals surface area contributed by atoms with Gasteiger partial charge in [-0.25, -0.2) is 0 Å². The van der Waals surface area contributed by atoms with E-state index in [4.69, 9.17) is 18.9 Å². The van der Waals surface area contributed by atoms with E-state index in [1.165, 1.54) is 6.20 Å². The van der Waals surface area contributed by atoms with Crippen molar-refractivity contribution in [3.63, 3.8) is 0 Å². The zero-order valence-corrected chi connectivity index (χ0v) is 18.2. The number of ether oxygens (including phenoxy) is 4. The van der Waals surface area contributed by atoms with Gasteiger partial charge in [0.2, 0.25) is 0 Å². The smallest absolute Gasteiger partial charge is 0.275 e. The van der Waals surface area contributed by atoms with Gasteiger partial charge in [-0.2, -0.15) is 8.75 Å². The number of methoxy groups -OCH3 is 1. The van der Waals surface area contributed by atoms with E-state index in [1.54, 1.807) is 12.0 Å². The molecule has 4 rings (SSSR count). The van der Waals surface area contributed by atoms with Crippen LogP contribution in [0.5, 0.6) is 11.5 Å². The van der Waals surface area contributed by atoms with Gasteiger partial charge in [0.05, 0.1) is 51.0 Å². The van der Waals surface area contributed by atoms with Gasteiger partial charge in [-0.05, 0) is 30.5 Å². The van der Waals surface area contributed by atoms with Crippen molar-refractivity contribution in [1.29, 1.82) is 0 Å². The molecule has 0 saturated carbocycles. The molecule has 9 heteroatoms. The van der Waals surface area contributed by atoms with Crippen LogP contribution in [0.1, 0.15) is 35.8 Å². The third kappa shape index (κ3) is 4.91. The number of rotatable bonds is 9. The second-order valence-electron chi connectivity index (χ2n) is 8.19. The summed E-state index contributed by atoms with van der Waals surface area (Å²) in [6.07, 6.45) is 3.54. The Morgan fingerprint density at radius 3 is 2.87 bits per heavy atom. The molecule has 2 aromatic rings. The Kier molecular flexibility index (Phi) is 6.50. The van der Waals surface area contributed by atoms with Gasteiger partial charge in [-0.3, -0.25) is 4.79 Å². The van der Waals surface area contributed by atoms with Gasteiger partial charge in [0.15, 0.2) is 17.2 Å². The second-order valence-corrected chi connectivity index (χ2v) is 8.75. The lowest BCUT2D eigenvalue weighted by Gasteiger charge is -2.37. The molecule has 2 aliphatic heterocycles. The number of benzene rings is 1. The molecule has 1 aromatic carbocycles. The third-order valence-electron chi connectivity index (χ3n) is 5.39. The topological polar surface area (TPSA) is 83.0 Å². The predicted octanol–water partition coefficient (Wildman–Crippen LogP) is 2.78. The highest BCUT2D eigenvalue weighted by Gasteiger charge is 2.34. The van der Waals surface area contributed by atoms with Crippen molar-refractivity contribution in [2.24, 2.45) is 5.41 Å². The van der Waals surface area contributed by atoms with Gasteiger partial charge in [-0.1, -0.05) is 13.0 Å². The van der Waals surface area contributed by atoms with Crippen LogP contribution in [0, 0.1) is 5.41 Å². The summed E-state index contributed by atoms with van der Waals surface area (Å²) in [7, 11) is 1.62. The average molecular weight is 434 g/mol. The van der Waals surface area contributed by atoms with E-state index >= 15 is 0 Å². The highest BCUT2D eigenvalue weighted by Crippen LogP contribution is 2.33. The molecule has 2 saturated heterocycles. The lowest BCUT2D eigenvalue weighted by Crippen LogP contribution is -2.44. The van der Waals surface area contributed by atoms with Crippen molar-refractivity contribution in [2.45, 2.75) is 32.4 Å². The molecule has 0 unspecified atom stereocenters. The van der Waals surface area contributed by atoms with E-state index in [1.807, 2.05) is 18.2 Å². The Bertz CT molecular complexity index is 850. The Morgan fingerprint density at radius 1 is 1.37 bits per heavy atom. The molecular weight excluding hydrogens is 406 g/mol. The Morgan fingerprint density at radius 2 is 2.23 bits per heavy atom. The molecule has 0 aliphatic carbocycles. The Balaban J connectivity index is 1.50. The normalized spacial score (nSPS) is 19.9. The molecule has 8 nitrogen and oxygen atoms in total. The van der Waals surface area contributed by atoms with Gasteiger partial charge in [0.25, 0.3) is 5.91 Å². The first kappa shape index (κ1) is 21.0. The van der Waals surface area contributed by atoms with Gasteiger partial charge < -0.3 is 23.8 Å². The van der Waals surface area contributed by atoms with Crippen LogP contribution < -0.4 is 9.47 Å². The van der Waals surface area contributed by atoms with Crippen LogP contribution in [0.2, 0.25) is 0 Å². The Hall–Kier alpha value is -2.23. The third-order valence-corrected chi connectivity index (χ3v) is 5.87. The van der Waals surface area contributed by atoms with Gasteiger partial charge in [-0.15, -0.1) is 0 Å². The molecule has 2 fully saturated rings. The molecule has 0 spiro atoms. The van der Waals surface area contributed by atoms with E-state index in [2.05, 4.69) is 15.7 Å². The molecule has 1 amide bonds. The molecule has 30 heavy (non-hydrogen) atoms. The van der Waals surface area contributed by atoms with Crippen LogP contribution in [0.3, 0.4) is 0 Å². The molecule has 0 radical (unpaired) electrons. The quantitative estimate of drug-likeness (QED) is 0.601. The molecule has 0 N–H and O–H groups in total. The summed E-state index contributed by atoms with van der Waals surface area (Å²) in [4.78, 5) is 14.8. The minimum Gasteiger partial charge on any atom is -0.493 e. The minimum absolute atomic E-state index is 0.0282. The molecule has 3 heterocycles. The van der Waals surface area contributed by atoms with E-state index < -0.39 is 0 Å². The predicted molar refractivity (Wildman–Crippen MR) is 111 cm³/mol. The number of nitrogens with zero attached hydrogens (tertiary/aromatic N) is 3. The maximum atomic E-state index is 13.0. The summed E-state index contributed by atoms with van der Waals surface area (Å²) >= 11 is 1.03. The first-order chi connectivity index (χ1) is 14.6. The SMILES string of the molecule is COc1ccc(CN(C[C@H]2CCCO2)C(=O)c2cnsn2)cc1OCC1(C)COC1. The van der Waals surface area contributed by atoms with Crippen LogP contribution in [0.15, 0.2) is 24.4 Å². The highest BCUT2D eigenvalue weighted by molar-refractivity contribution is 6.99. The fraction of sp³-hybridized carbons (Fsp3) is 0.571. The summed E-state index contributed by atoms with van der Waals surface area (Å²) in [5, 5.41) is 0. The van der Waals surface area contributed by atoms with Crippen LogP contribution in [-0.2, 0) is 16.0 Å². The zero-order chi connectivity index (χ0) is 21.0. The number of amides is 1. The summed E-state index contributed by atoms with van der Waals surface area (Å²) < 4.78 is 30.7. The fourth-order valence-electron chi connectivity index (χ4n) is 3.61. The lowest BCUT2D eigenvalue weighted by molar-refractivity contribution is -0.120. The summed E-state index contributed by atoms with van der Waals surface area (Å²) in [5.74, 6) is 1.20. The van der Waals surface area contributed by atoms with Crippen LogP contribution in [0.4, 0.5) is 0 Å². The van der Waals surface area contributed by atoms with Crippen LogP contribution in [-0.4, -0.2) is 65.7 Å². The van der Waals surface area contributed by atoms with Crippen molar-refractivity contribution >= 4 is 17.6 Å². The number of hydrogen-bond donors (Lipinski definition) is 0.